The molecule has 9 heteroatoms. The molecule has 0 saturated carbocycles. The van der Waals surface area contributed by atoms with Gasteiger partial charge in [0.1, 0.15) is 6.07 Å². The molecule has 144 valence electrons. The second-order valence-electron chi connectivity index (χ2n) is 6.44. The molecule has 7 nitrogen and oxygen atoms in total. The third-order valence-electron chi connectivity index (χ3n) is 4.51. The Balaban J connectivity index is 1.45. The number of nitrogens with one attached hydrogen (secondary N) is 1. The average molecular weight is 413 g/mol. The molecule has 0 aliphatic carbocycles. The Kier molecular flexibility index (Phi) is 5.90. The summed E-state index contributed by atoms with van der Waals surface area (Å²) >= 11 is 3.08. The van der Waals surface area contributed by atoms with Crippen LogP contribution in [0.15, 0.2) is 34.7 Å². The number of rotatable bonds is 7. The topological polar surface area (TPSA) is 88.7 Å². The zero-order valence-corrected chi connectivity index (χ0v) is 17.1. The lowest BCUT2D eigenvalue weighted by atomic mass is 10.2. The van der Waals surface area contributed by atoms with E-state index in [9.17, 15) is 5.26 Å². The number of aromatic nitrogens is 4. The molecular weight excluding hydrogens is 392 g/mol. The molecule has 1 atom stereocenters. The van der Waals surface area contributed by atoms with E-state index in [0.29, 0.717) is 11.3 Å². The first-order chi connectivity index (χ1) is 13.7. The maximum Gasteiger partial charge on any atom is 0.206 e. The highest BCUT2D eigenvalue weighted by Crippen LogP contribution is 2.31. The molecule has 1 N–H and O–H groups in total. The maximum atomic E-state index is 9.57. The predicted molar refractivity (Wildman–Crippen MR) is 110 cm³/mol. The summed E-state index contributed by atoms with van der Waals surface area (Å²) in [6, 6.07) is 12.2. The molecule has 1 aliphatic rings. The fourth-order valence-electron chi connectivity index (χ4n) is 3.11. The highest BCUT2D eigenvalue weighted by molar-refractivity contribution is 8.00. The van der Waals surface area contributed by atoms with Crippen LogP contribution in [-0.2, 0) is 10.5 Å². The standard InChI is InChI=1S/C19H20N6OS2/c1-13-16(10-20)17(25(24-13)14-6-3-2-4-7-14)12-27-19-23-22-18(28-19)21-11-15-8-5-9-26-15/h2-4,6-7,15H,5,8-9,11-12H2,1H3,(H,21,22). The lowest BCUT2D eigenvalue weighted by Gasteiger charge is -2.08. The van der Waals surface area contributed by atoms with Crippen molar-refractivity contribution in [1.29, 1.82) is 5.26 Å². The van der Waals surface area contributed by atoms with E-state index < -0.39 is 0 Å². The van der Waals surface area contributed by atoms with Gasteiger partial charge >= 0.3 is 0 Å². The molecule has 0 spiro atoms. The van der Waals surface area contributed by atoms with Crippen LogP contribution in [0, 0.1) is 18.3 Å². The quantitative estimate of drug-likeness (QED) is 0.591. The van der Waals surface area contributed by atoms with Crippen LogP contribution in [0.1, 0.15) is 29.8 Å². The first-order valence-corrected chi connectivity index (χ1v) is 10.9. The largest absolute Gasteiger partial charge is 0.376 e. The van der Waals surface area contributed by atoms with Gasteiger partial charge in [0.05, 0.1) is 28.7 Å². The van der Waals surface area contributed by atoms with Gasteiger partial charge in [-0.15, -0.1) is 10.2 Å². The second kappa shape index (κ2) is 8.73. The van der Waals surface area contributed by atoms with Crippen molar-refractivity contribution in [3.63, 3.8) is 0 Å². The Bertz CT molecular complexity index is 972. The Hall–Kier alpha value is -2.41. The van der Waals surface area contributed by atoms with Gasteiger partial charge in [-0.2, -0.15) is 10.4 Å². The van der Waals surface area contributed by atoms with Crippen molar-refractivity contribution in [3.8, 4) is 11.8 Å². The number of nitriles is 1. The zero-order chi connectivity index (χ0) is 19.3. The van der Waals surface area contributed by atoms with E-state index in [1.165, 1.54) is 11.3 Å². The molecule has 3 heterocycles. The molecule has 1 aromatic carbocycles. The number of hydrogen-bond donors (Lipinski definition) is 1. The third-order valence-corrected chi connectivity index (χ3v) is 6.54. The minimum Gasteiger partial charge on any atom is -0.376 e. The molecule has 0 amide bonds. The van der Waals surface area contributed by atoms with Gasteiger partial charge in [-0.3, -0.25) is 0 Å². The monoisotopic (exact) mass is 412 g/mol. The number of thioether (sulfide) groups is 1. The van der Waals surface area contributed by atoms with Crippen molar-refractivity contribution in [1.82, 2.24) is 20.0 Å². The van der Waals surface area contributed by atoms with Gasteiger partial charge in [0.25, 0.3) is 0 Å². The van der Waals surface area contributed by atoms with Crippen LogP contribution in [0.25, 0.3) is 5.69 Å². The highest BCUT2D eigenvalue weighted by atomic mass is 32.2. The molecule has 0 radical (unpaired) electrons. The first-order valence-electron chi connectivity index (χ1n) is 9.10. The van der Waals surface area contributed by atoms with Gasteiger partial charge in [-0.1, -0.05) is 41.3 Å². The zero-order valence-electron chi connectivity index (χ0n) is 15.5. The molecular formula is C19H20N6OS2. The van der Waals surface area contributed by atoms with Crippen molar-refractivity contribution in [3.05, 3.63) is 47.3 Å². The SMILES string of the molecule is Cc1nn(-c2ccccc2)c(CSc2nnc(NCC3CCCO3)s2)c1C#N. The van der Waals surface area contributed by atoms with Crippen LogP contribution in [0.3, 0.4) is 0 Å². The van der Waals surface area contributed by atoms with Crippen LogP contribution in [0.4, 0.5) is 5.13 Å². The molecule has 1 aliphatic heterocycles. The van der Waals surface area contributed by atoms with Crippen LogP contribution in [0.2, 0.25) is 0 Å². The van der Waals surface area contributed by atoms with E-state index in [1.54, 1.807) is 11.8 Å². The summed E-state index contributed by atoms with van der Waals surface area (Å²) in [5.74, 6) is 0.596. The minimum atomic E-state index is 0.265. The fraction of sp³-hybridized carbons (Fsp3) is 0.368. The summed E-state index contributed by atoms with van der Waals surface area (Å²) < 4.78 is 8.32. The van der Waals surface area contributed by atoms with Crippen LogP contribution >= 0.6 is 23.1 Å². The number of anilines is 1. The Morgan fingerprint density at radius 3 is 2.96 bits per heavy atom. The van der Waals surface area contributed by atoms with Gasteiger partial charge in [-0.25, -0.2) is 4.68 Å². The smallest absolute Gasteiger partial charge is 0.206 e. The van der Waals surface area contributed by atoms with Gasteiger partial charge in [0.15, 0.2) is 4.34 Å². The van der Waals surface area contributed by atoms with Crippen molar-refractivity contribution >= 4 is 28.2 Å². The predicted octanol–water partition coefficient (Wildman–Crippen LogP) is 3.79. The summed E-state index contributed by atoms with van der Waals surface area (Å²) in [5.41, 5.74) is 3.18. The molecule has 1 unspecified atom stereocenters. The molecule has 1 saturated heterocycles. The molecule has 1 fully saturated rings. The summed E-state index contributed by atoms with van der Waals surface area (Å²) in [4.78, 5) is 0. The lowest BCUT2D eigenvalue weighted by Crippen LogP contribution is -2.18. The molecule has 0 bridgehead atoms. The normalized spacial score (nSPS) is 16.2. The summed E-state index contributed by atoms with van der Waals surface area (Å²) in [5, 5.41) is 26.7. The van der Waals surface area contributed by atoms with E-state index >= 15 is 0 Å². The summed E-state index contributed by atoms with van der Waals surface area (Å²) in [6.07, 6.45) is 2.48. The molecule has 3 aromatic rings. The van der Waals surface area contributed by atoms with Crippen molar-refractivity contribution < 1.29 is 4.74 Å². The van der Waals surface area contributed by atoms with E-state index in [-0.39, 0.29) is 6.10 Å². The summed E-state index contributed by atoms with van der Waals surface area (Å²) in [7, 11) is 0. The van der Waals surface area contributed by atoms with Crippen LogP contribution < -0.4 is 5.32 Å². The Labute approximate surface area is 171 Å². The Morgan fingerprint density at radius 2 is 2.21 bits per heavy atom. The van der Waals surface area contributed by atoms with Gasteiger partial charge in [0.2, 0.25) is 5.13 Å². The molecule has 2 aromatic heterocycles. The molecule has 28 heavy (non-hydrogen) atoms. The van der Waals surface area contributed by atoms with Crippen molar-refractivity contribution in [2.24, 2.45) is 0 Å². The second-order valence-corrected chi connectivity index (χ2v) is 8.64. The number of hydrogen-bond acceptors (Lipinski definition) is 8. The third kappa shape index (κ3) is 4.19. The minimum absolute atomic E-state index is 0.265. The maximum absolute atomic E-state index is 9.57. The van der Waals surface area contributed by atoms with Crippen molar-refractivity contribution in [2.45, 2.75) is 36.0 Å². The van der Waals surface area contributed by atoms with E-state index in [1.807, 2.05) is 41.9 Å². The van der Waals surface area contributed by atoms with E-state index in [2.05, 4.69) is 26.7 Å². The number of nitrogens with zero attached hydrogens (tertiary/aromatic N) is 5. The lowest BCUT2D eigenvalue weighted by molar-refractivity contribution is 0.120. The summed E-state index contributed by atoms with van der Waals surface area (Å²) in [6.45, 7) is 3.47. The number of aryl methyl sites for hydroxylation is 1. The van der Waals surface area contributed by atoms with E-state index in [4.69, 9.17) is 4.74 Å². The Morgan fingerprint density at radius 1 is 1.36 bits per heavy atom. The van der Waals surface area contributed by atoms with Crippen molar-refractivity contribution in [2.75, 3.05) is 18.5 Å². The van der Waals surface area contributed by atoms with E-state index in [0.717, 1.165) is 52.5 Å². The number of benzene rings is 1. The van der Waals surface area contributed by atoms with Gasteiger partial charge in [-0.05, 0) is 31.9 Å². The molecule has 4 rings (SSSR count). The van der Waals surface area contributed by atoms with Gasteiger partial charge in [0, 0.05) is 18.9 Å². The first kappa shape index (κ1) is 18.9. The number of ether oxygens (including phenoxy) is 1. The number of para-hydroxylation sites is 1. The van der Waals surface area contributed by atoms with Gasteiger partial charge < -0.3 is 10.1 Å². The van der Waals surface area contributed by atoms with Crippen LogP contribution in [-0.4, -0.2) is 39.2 Å². The average Bonchev–Trinajstić information content (AvgIpc) is 3.45. The van der Waals surface area contributed by atoms with Crippen LogP contribution in [0.5, 0.6) is 0 Å². The highest BCUT2D eigenvalue weighted by Gasteiger charge is 2.18. The fourth-order valence-corrected chi connectivity index (χ4v) is 4.87.